The molecule has 1 fully saturated rings. The fourth-order valence-electron chi connectivity index (χ4n) is 3.16. The SMILES string of the molecule is CCOCCN(C)CC1CC(C)(C)CCC1NC. The van der Waals surface area contributed by atoms with Gasteiger partial charge in [-0.05, 0) is 51.6 Å². The summed E-state index contributed by atoms with van der Waals surface area (Å²) >= 11 is 0. The fourth-order valence-corrected chi connectivity index (χ4v) is 3.16. The van der Waals surface area contributed by atoms with Crippen LogP contribution in [-0.2, 0) is 4.74 Å². The molecule has 18 heavy (non-hydrogen) atoms. The molecular weight excluding hydrogens is 224 g/mol. The summed E-state index contributed by atoms with van der Waals surface area (Å²) in [5.74, 6) is 0.769. The van der Waals surface area contributed by atoms with Gasteiger partial charge in [0.1, 0.15) is 0 Å². The average Bonchev–Trinajstić information content (AvgIpc) is 2.28. The van der Waals surface area contributed by atoms with Gasteiger partial charge in [0.25, 0.3) is 0 Å². The van der Waals surface area contributed by atoms with Gasteiger partial charge >= 0.3 is 0 Å². The van der Waals surface area contributed by atoms with Gasteiger partial charge < -0.3 is 15.0 Å². The van der Waals surface area contributed by atoms with Crippen molar-refractivity contribution in [3.63, 3.8) is 0 Å². The van der Waals surface area contributed by atoms with Gasteiger partial charge in [0.05, 0.1) is 6.61 Å². The van der Waals surface area contributed by atoms with Crippen LogP contribution >= 0.6 is 0 Å². The van der Waals surface area contributed by atoms with E-state index < -0.39 is 0 Å². The van der Waals surface area contributed by atoms with E-state index in [0.29, 0.717) is 11.5 Å². The van der Waals surface area contributed by atoms with E-state index in [0.717, 1.165) is 25.7 Å². The number of rotatable bonds is 7. The maximum Gasteiger partial charge on any atom is 0.0593 e. The smallest absolute Gasteiger partial charge is 0.0593 e. The van der Waals surface area contributed by atoms with Crippen LogP contribution in [0.2, 0.25) is 0 Å². The van der Waals surface area contributed by atoms with Crippen molar-refractivity contribution in [2.45, 2.75) is 46.1 Å². The van der Waals surface area contributed by atoms with E-state index in [4.69, 9.17) is 4.74 Å². The molecular formula is C15H32N2O. The summed E-state index contributed by atoms with van der Waals surface area (Å²) in [5.41, 5.74) is 0.513. The zero-order chi connectivity index (χ0) is 13.6. The summed E-state index contributed by atoms with van der Waals surface area (Å²) in [5, 5.41) is 3.51. The molecule has 0 saturated heterocycles. The molecule has 3 heteroatoms. The quantitative estimate of drug-likeness (QED) is 0.708. The van der Waals surface area contributed by atoms with E-state index in [2.05, 4.69) is 45.1 Å². The standard InChI is InChI=1S/C15H32N2O/c1-6-18-10-9-17(5)12-13-11-15(2,3)8-7-14(13)16-4/h13-14,16H,6-12H2,1-5H3. The highest BCUT2D eigenvalue weighted by Crippen LogP contribution is 2.38. The van der Waals surface area contributed by atoms with Crippen molar-refractivity contribution in [1.29, 1.82) is 0 Å². The van der Waals surface area contributed by atoms with Gasteiger partial charge in [-0.1, -0.05) is 13.8 Å². The van der Waals surface area contributed by atoms with Crippen LogP contribution < -0.4 is 5.32 Å². The lowest BCUT2D eigenvalue weighted by molar-refractivity contribution is 0.0865. The Kier molecular flexibility index (Phi) is 6.61. The van der Waals surface area contributed by atoms with Gasteiger partial charge in [-0.15, -0.1) is 0 Å². The van der Waals surface area contributed by atoms with Gasteiger partial charge in [0.15, 0.2) is 0 Å². The molecule has 0 aliphatic heterocycles. The number of likely N-dealkylation sites (N-methyl/N-ethyl adjacent to an activating group) is 1. The first-order valence-corrected chi connectivity index (χ1v) is 7.42. The first kappa shape index (κ1) is 15.9. The van der Waals surface area contributed by atoms with Gasteiger partial charge in [-0.3, -0.25) is 0 Å². The zero-order valence-electron chi connectivity index (χ0n) is 13.0. The van der Waals surface area contributed by atoms with Crippen LogP contribution in [0.3, 0.4) is 0 Å². The van der Waals surface area contributed by atoms with E-state index in [1.165, 1.54) is 25.8 Å². The van der Waals surface area contributed by atoms with Crippen LogP contribution in [0.25, 0.3) is 0 Å². The normalized spacial score (nSPS) is 27.7. The highest BCUT2D eigenvalue weighted by atomic mass is 16.5. The lowest BCUT2D eigenvalue weighted by Gasteiger charge is -2.42. The van der Waals surface area contributed by atoms with Gasteiger partial charge in [-0.2, -0.15) is 0 Å². The number of nitrogens with zero attached hydrogens (tertiary/aromatic N) is 1. The lowest BCUT2D eigenvalue weighted by Crippen LogP contribution is -2.46. The Morgan fingerprint density at radius 3 is 2.72 bits per heavy atom. The molecule has 0 radical (unpaired) electrons. The minimum atomic E-state index is 0.513. The molecule has 1 aliphatic carbocycles. The molecule has 1 aliphatic rings. The van der Waals surface area contributed by atoms with Gasteiger partial charge in [0, 0.05) is 25.7 Å². The van der Waals surface area contributed by atoms with Crippen LogP contribution in [0, 0.1) is 11.3 Å². The predicted molar refractivity (Wildman–Crippen MR) is 78.0 cm³/mol. The van der Waals surface area contributed by atoms with Crippen molar-refractivity contribution < 1.29 is 4.74 Å². The number of ether oxygens (including phenoxy) is 1. The minimum Gasteiger partial charge on any atom is -0.380 e. The Balaban J connectivity index is 2.40. The summed E-state index contributed by atoms with van der Waals surface area (Å²) in [6.45, 7) is 10.8. The number of hydrogen-bond donors (Lipinski definition) is 1. The Labute approximate surface area is 113 Å². The topological polar surface area (TPSA) is 24.5 Å². The molecule has 0 amide bonds. The molecule has 1 N–H and O–H groups in total. The predicted octanol–water partition coefficient (Wildman–Crippen LogP) is 2.37. The molecule has 0 heterocycles. The second kappa shape index (κ2) is 7.46. The van der Waals surface area contributed by atoms with Crippen molar-refractivity contribution in [3.05, 3.63) is 0 Å². The molecule has 0 spiro atoms. The van der Waals surface area contributed by atoms with E-state index in [1.54, 1.807) is 0 Å². The zero-order valence-corrected chi connectivity index (χ0v) is 13.0. The first-order chi connectivity index (χ1) is 8.48. The monoisotopic (exact) mass is 256 g/mol. The van der Waals surface area contributed by atoms with Crippen molar-refractivity contribution in [2.24, 2.45) is 11.3 Å². The van der Waals surface area contributed by atoms with E-state index in [-0.39, 0.29) is 0 Å². The minimum absolute atomic E-state index is 0.513. The van der Waals surface area contributed by atoms with E-state index >= 15 is 0 Å². The van der Waals surface area contributed by atoms with E-state index in [9.17, 15) is 0 Å². The third-order valence-corrected chi connectivity index (χ3v) is 4.25. The molecule has 108 valence electrons. The molecule has 3 nitrogen and oxygen atoms in total. The van der Waals surface area contributed by atoms with Crippen molar-refractivity contribution >= 4 is 0 Å². The highest BCUT2D eigenvalue weighted by Gasteiger charge is 2.34. The van der Waals surface area contributed by atoms with Crippen molar-refractivity contribution in [3.8, 4) is 0 Å². The first-order valence-electron chi connectivity index (χ1n) is 7.42. The highest BCUT2D eigenvalue weighted by molar-refractivity contribution is 4.89. The maximum atomic E-state index is 5.43. The molecule has 0 aromatic rings. The second-order valence-corrected chi connectivity index (χ2v) is 6.52. The second-order valence-electron chi connectivity index (χ2n) is 6.52. The Bertz CT molecular complexity index is 231. The van der Waals surface area contributed by atoms with Crippen molar-refractivity contribution in [1.82, 2.24) is 10.2 Å². The van der Waals surface area contributed by atoms with E-state index in [1.807, 2.05) is 0 Å². The molecule has 0 aromatic carbocycles. The summed E-state index contributed by atoms with van der Waals surface area (Å²) < 4.78 is 5.43. The average molecular weight is 256 g/mol. The molecule has 0 aromatic heterocycles. The molecule has 2 atom stereocenters. The Morgan fingerprint density at radius 2 is 2.11 bits per heavy atom. The number of nitrogens with one attached hydrogen (secondary N) is 1. The van der Waals surface area contributed by atoms with Crippen LogP contribution in [0.5, 0.6) is 0 Å². The summed E-state index contributed by atoms with van der Waals surface area (Å²) in [6.07, 6.45) is 3.99. The Morgan fingerprint density at radius 1 is 1.39 bits per heavy atom. The summed E-state index contributed by atoms with van der Waals surface area (Å²) in [7, 11) is 4.32. The van der Waals surface area contributed by atoms with Crippen molar-refractivity contribution in [2.75, 3.05) is 40.4 Å². The fraction of sp³-hybridized carbons (Fsp3) is 1.00. The van der Waals surface area contributed by atoms with Gasteiger partial charge in [-0.25, -0.2) is 0 Å². The molecule has 2 unspecified atom stereocenters. The summed E-state index contributed by atoms with van der Waals surface area (Å²) in [6, 6.07) is 0.688. The van der Waals surface area contributed by atoms with Crippen LogP contribution in [-0.4, -0.2) is 51.3 Å². The van der Waals surface area contributed by atoms with Crippen LogP contribution in [0.1, 0.15) is 40.0 Å². The molecule has 0 bridgehead atoms. The third kappa shape index (κ3) is 5.25. The maximum absolute atomic E-state index is 5.43. The Hall–Kier alpha value is -0.120. The number of hydrogen-bond acceptors (Lipinski definition) is 3. The summed E-state index contributed by atoms with van der Waals surface area (Å²) in [4.78, 5) is 2.42. The van der Waals surface area contributed by atoms with Crippen LogP contribution in [0.15, 0.2) is 0 Å². The van der Waals surface area contributed by atoms with Gasteiger partial charge in [0.2, 0.25) is 0 Å². The lowest BCUT2D eigenvalue weighted by atomic mass is 9.70. The molecule has 1 saturated carbocycles. The third-order valence-electron chi connectivity index (χ3n) is 4.25. The van der Waals surface area contributed by atoms with Crippen LogP contribution in [0.4, 0.5) is 0 Å². The largest absolute Gasteiger partial charge is 0.380 e. The molecule has 1 rings (SSSR count).